The third-order valence-corrected chi connectivity index (χ3v) is 5.80. The van der Waals surface area contributed by atoms with Crippen molar-refractivity contribution in [2.75, 3.05) is 29.9 Å². The van der Waals surface area contributed by atoms with Crippen LogP contribution in [-0.4, -0.2) is 41.4 Å². The second-order valence-corrected chi connectivity index (χ2v) is 7.20. The van der Waals surface area contributed by atoms with Gasteiger partial charge in [-0.1, -0.05) is 17.4 Å². The predicted octanol–water partition coefficient (Wildman–Crippen LogP) is 2.92. The molecule has 22 heavy (non-hydrogen) atoms. The molecule has 4 rings (SSSR count). The van der Waals surface area contributed by atoms with Gasteiger partial charge < -0.3 is 9.80 Å². The molecule has 0 bridgehead atoms. The molecule has 0 N–H and O–H groups in total. The number of nitrogens with zero attached hydrogens (tertiary/aromatic N) is 5. The quantitative estimate of drug-likeness (QED) is 0.868. The molecule has 5 nitrogen and oxygen atoms in total. The third-order valence-electron chi connectivity index (χ3n) is 4.65. The first-order chi connectivity index (χ1) is 10.8. The zero-order valence-electron chi connectivity index (χ0n) is 12.9. The number of piperidine rings is 1. The Labute approximate surface area is 135 Å². The van der Waals surface area contributed by atoms with Crippen LogP contribution in [-0.2, 0) is 0 Å². The molecule has 0 spiro atoms. The highest BCUT2D eigenvalue weighted by Gasteiger charge is 2.30. The van der Waals surface area contributed by atoms with Crippen molar-refractivity contribution < 1.29 is 0 Å². The molecule has 1 saturated carbocycles. The number of rotatable bonds is 4. The Bertz CT molecular complexity index is 616. The predicted molar refractivity (Wildman–Crippen MR) is 89.8 cm³/mol. The van der Waals surface area contributed by atoms with E-state index in [1.54, 1.807) is 11.3 Å². The largest absolute Gasteiger partial charge is 0.357 e. The zero-order valence-corrected chi connectivity index (χ0v) is 13.7. The Morgan fingerprint density at radius 3 is 2.64 bits per heavy atom. The molecule has 0 radical (unpaired) electrons. The van der Waals surface area contributed by atoms with Crippen LogP contribution in [0.1, 0.15) is 36.6 Å². The first kappa shape index (κ1) is 13.9. The van der Waals surface area contributed by atoms with E-state index in [-0.39, 0.29) is 0 Å². The van der Waals surface area contributed by atoms with Crippen molar-refractivity contribution in [2.45, 2.75) is 37.6 Å². The summed E-state index contributed by atoms with van der Waals surface area (Å²) in [5.74, 6) is 1.77. The maximum absolute atomic E-state index is 4.45. The number of pyridine rings is 1. The van der Waals surface area contributed by atoms with Crippen LogP contribution in [0.3, 0.4) is 0 Å². The fourth-order valence-corrected chi connectivity index (χ4v) is 4.11. The second-order valence-electron chi connectivity index (χ2n) is 6.21. The smallest absolute Gasteiger partial charge is 0.208 e. The molecule has 1 aliphatic carbocycles. The van der Waals surface area contributed by atoms with Gasteiger partial charge in [0.25, 0.3) is 0 Å². The van der Waals surface area contributed by atoms with Gasteiger partial charge in [-0.05, 0) is 37.8 Å². The third kappa shape index (κ3) is 2.79. The fraction of sp³-hybridized carbons (Fsp3) is 0.562. The lowest BCUT2D eigenvalue weighted by atomic mass is 10.0. The summed E-state index contributed by atoms with van der Waals surface area (Å²) < 4.78 is 0. The summed E-state index contributed by atoms with van der Waals surface area (Å²) in [7, 11) is 2.15. The molecule has 0 amide bonds. The molecule has 2 aromatic heterocycles. The van der Waals surface area contributed by atoms with Gasteiger partial charge in [0.15, 0.2) is 0 Å². The van der Waals surface area contributed by atoms with E-state index in [9.17, 15) is 0 Å². The molecular weight excluding hydrogens is 294 g/mol. The summed E-state index contributed by atoms with van der Waals surface area (Å²) in [6.45, 7) is 2.11. The van der Waals surface area contributed by atoms with E-state index in [1.807, 2.05) is 12.3 Å². The van der Waals surface area contributed by atoms with Crippen LogP contribution in [0.15, 0.2) is 24.4 Å². The van der Waals surface area contributed by atoms with Crippen LogP contribution in [0.25, 0.3) is 0 Å². The van der Waals surface area contributed by atoms with Crippen molar-refractivity contribution in [3.63, 3.8) is 0 Å². The minimum Gasteiger partial charge on any atom is -0.357 e. The van der Waals surface area contributed by atoms with Crippen molar-refractivity contribution in [1.82, 2.24) is 15.2 Å². The summed E-state index contributed by atoms with van der Waals surface area (Å²) in [4.78, 5) is 9.16. The average molecular weight is 315 g/mol. The molecular formula is C16H21N5S. The van der Waals surface area contributed by atoms with Crippen LogP contribution < -0.4 is 9.80 Å². The van der Waals surface area contributed by atoms with Gasteiger partial charge in [0, 0.05) is 38.3 Å². The molecule has 1 saturated heterocycles. The van der Waals surface area contributed by atoms with E-state index >= 15 is 0 Å². The molecule has 2 aliphatic rings. The van der Waals surface area contributed by atoms with Crippen LogP contribution in [0.5, 0.6) is 0 Å². The van der Waals surface area contributed by atoms with Gasteiger partial charge >= 0.3 is 0 Å². The van der Waals surface area contributed by atoms with Crippen LogP contribution in [0, 0.1) is 0 Å². The van der Waals surface area contributed by atoms with Gasteiger partial charge in [0.2, 0.25) is 5.13 Å². The van der Waals surface area contributed by atoms with E-state index in [0.29, 0.717) is 12.0 Å². The first-order valence-corrected chi connectivity index (χ1v) is 8.85. The van der Waals surface area contributed by atoms with Crippen molar-refractivity contribution in [2.24, 2.45) is 0 Å². The van der Waals surface area contributed by atoms with Gasteiger partial charge in [0.05, 0.1) is 0 Å². The number of hydrogen-bond acceptors (Lipinski definition) is 6. The standard InChI is InChI=1S/C16H21N5S/c1-20(14-4-2-3-9-17-14)13-7-10-21(11-8-13)16-19-18-15(22-16)12-5-6-12/h2-4,9,12-13H,5-8,10-11H2,1H3. The van der Waals surface area contributed by atoms with Crippen LogP contribution in [0.2, 0.25) is 0 Å². The topological polar surface area (TPSA) is 45.2 Å². The molecule has 2 fully saturated rings. The average Bonchev–Trinajstić information content (AvgIpc) is 3.32. The first-order valence-electron chi connectivity index (χ1n) is 8.03. The summed E-state index contributed by atoms with van der Waals surface area (Å²) in [5, 5.41) is 11.1. The zero-order chi connectivity index (χ0) is 14.9. The Balaban J connectivity index is 1.37. The molecule has 2 aromatic rings. The summed E-state index contributed by atoms with van der Waals surface area (Å²) >= 11 is 1.79. The highest BCUT2D eigenvalue weighted by molar-refractivity contribution is 7.15. The highest BCUT2D eigenvalue weighted by Crippen LogP contribution is 2.42. The molecule has 116 valence electrons. The van der Waals surface area contributed by atoms with E-state index in [2.05, 4.69) is 44.2 Å². The van der Waals surface area contributed by atoms with E-state index in [0.717, 1.165) is 36.9 Å². The second kappa shape index (κ2) is 5.83. The van der Waals surface area contributed by atoms with Gasteiger partial charge in [-0.25, -0.2) is 4.98 Å². The van der Waals surface area contributed by atoms with Crippen molar-refractivity contribution in [1.29, 1.82) is 0 Å². The maximum atomic E-state index is 4.45. The van der Waals surface area contributed by atoms with Crippen LogP contribution >= 0.6 is 11.3 Å². The summed E-state index contributed by atoms with van der Waals surface area (Å²) in [6, 6.07) is 6.66. The molecule has 1 aliphatic heterocycles. The molecule has 6 heteroatoms. The Morgan fingerprint density at radius 1 is 1.14 bits per heavy atom. The minimum atomic E-state index is 0.557. The van der Waals surface area contributed by atoms with E-state index in [1.165, 1.54) is 17.8 Å². The number of anilines is 2. The van der Waals surface area contributed by atoms with Crippen molar-refractivity contribution >= 4 is 22.3 Å². The summed E-state index contributed by atoms with van der Waals surface area (Å²) in [5.41, 5.74) is 0. The molecule has 0 atom stereocenters. The highest BCUT2D eigenvalue weighted by atomic mass is 32.1. The monoisotopic (exact) mass is 315 g/mol. The van der Waals surface area contributed by atoms with Crippen LogP contribution in [0.4, 0.5) is 10.9 Å². The summed E-state index contributed by atoms with van der Waals surface area (Å²) in [6.07, 6.45) is 6.75. The van der Waals surface area contributed by atoms with Crippen molar-refractivity contribution in [3.05, 3.63) is 29.4 Å². The Morgan fingerprint density at radius 2 is 1.95 bits per heavy atom. The minimum absolute atomic E-state index is 0.557. The maximum Gasteiger partial charge on any atom is 0.208 e. The van der Waals surface area contributed by atoms with Gasteiger partial charge in [-0.3, -0.25) is 0 Å². The van der Waals surface area contributed by atoms with Gasteiger partial charge in [-0.15, -0.1) is 10.2 Å². The van der Waals surface area contributed by atoms with Crippen molar-refractivity contribution in [3.8, 4) is 0 Å². The fourth-order valence-electron chi connectivity index (χ4n) is 3.04. The molecule has 0 aromatic carbocycles. The normalized spacial score (nSPS) is 19.4. The number of hydrogen-bond donors (Lipinski definition) is 0. The Kier molecular flexibility index (Phi) is 3.70. The lowest BCUT2D eigenvalue weighted by Crippen LogP contribution is -2.43. The SMILES string of the molecule is CN(c1ccccn1)C1CCN(c2nnc(C3CC3)s2)CC1. The molecule has 0 unspecified atom stereocenters. The van der Waals surface area contributed by atoms with E-state index in [4.69, 9.17) is 0 Å². The van der Waals surface area contributed by atoms with Gasteiger partial charge in [-0.2, -0.15) is 0 Å². The van der Waals surface area contributed by atoms with Gasteiger partial charge in [0.1, 0.15) is 10.8 Å². The van der Waals surface area contributed by atoms with E-state index < -0.39 is 0 Å². The molecule has 3 heterocycles. The lowest BCUT2D eigenvalue weighted by molar-refractivity contribution is 0.479. The Hall–Kier alpha value is -1.69. The number of aromatic nitrogens is 3. The lowest BCUT2D eigenvalue weighted by Gasteiger charge is -2.37.